The van der Waals surface area contributed by atoms with Crippen molar-refractivity contribution < 1.29 is 9.53 Å². The number of ether oxygens (including phenoxy) is 1. The number of carbonyl (C=O) groups is 1. The molecule has 1 saturated heterocycles. The summed E-state index contributed by atoms with van der Waals surface area (Å²) >= 11 is 0. The third-order valence-corrected chi connectivity index (χ3v) is 3.98. The largest absolute Gasteiger partial charge is 0.376 e. The Bertz CT molecular complexity index is 668. The molecule has 24 heavy (non-hydrogen) atoms. The molecule has 5 heteroatoms. The van der Waals surface area contributed by atoms with Crippen LogP contribution in [0.15, 0.2) is 55.1 Å². The van der Waals surface area contributed by atoms with Gasteiger partial charge >= 0.3 is 0 Å². The quantitative estimate of drug-likeness (QED) is 0.767. The standard InChI is InChI=1S/C19H21N3O2/c23-19(6-5-16-7-10-20-11-8-16)22(15-18-4-2-12-24-18)14-17-3-1-9-21-13-17/h1,3,5-11,13,18H,2,4,12,14-15H2/b6-5+/t18-/m1/s1. The second-order valence-electron chi connectivity index (χ2n) is 5.83. The SMILES string of the molecule is O=C(/C=C/c1ccncc1)N(Cc1cccnc1)C[C@H]1CCCO1. The molecule has 1 fully saturated rings. The van der Waals surface area contributed by atoms with Crippen LogP contribution in [0.3, 0.4) is 0 Å². The first-order valence-corrected chi connectivity index (χ1v) is 8.19. The van der Waals surface area contributed by atoms with E-state index >= 15 is 0 Å². The molecule has 2 aromatic rings. The van der Waals surface area contributed by atoms with Crippen molar-refractivity contribution in [2.45, 2.75) is 25.5 Å². The van der Waals surface area contributed by atoms with Gasteiger partial charge in [0.15, 0.2) is 0 Å². The molecule has 0 saturated carbocycles. The number of hydrogen-bond donors (Lipinski definition) is 0. The predicted octanol–water partition coefficient (Wildman–Crippen LogP) is 2.70. The predicted molar refractivity (Wildman–Crippen MR) is 91.9 cm³/mol. The topological polar surface area (TPSA) is 55.3 Å². The maximum absolute atomic E-state index is 12.7. The van der Waals surface area contributed by atoms with Crippen molar-refractivity contribution in [1.29, 1.82) is 0 Å². The normalized spacial score (nSPS) is 17.2. The zero-order valence-electron chi connectivity index (χ0n) is 13.5. The molecule has 2 aromatic heterocycles. The summed E-state index contributed by atoms with van der Waals surface area (Å²) in [5.41, 5.74) is 1.97. The molecule has 3 rings (SSSR count). The van der Waals surface area contributed by atoms with Gasteiger partial charge in [0, 0.05) is 50.6 Å². The molecule has 1 aliphatic heterocycles. The summed E-state index contributed by atoms with van der Waals surface area (Å²) in [6, 6.07) is 7.61. The van der Waals surface area contributed by atoms with Crippen LogP contribution in [-0.2, 0) is 16.1 Å². The van der Waals surface area contributed by atoms with Gasteiger partial charge in [-0.15, -0.1) is 0 Å². The molecule has 0 unspecified atom stereocenters. The van der Waals surface area contributed by atoms with Crippen LogP contribution in [-0.4, -0.2) is 40.0 Å². The molecule has 1 amide bonds. The number of nitrogens with zero attached hydrogens (tertiary/aromatic N) is 3. The van der Waals surface area contributed by atoms with Crippen LogP contribution in [0.25, 0.3) is 6.08 Å². The minimum absolute atomic E-state index is 0.0221. The summed E-state index contributed by atoms with van der Waals surface area (Å²) in [5.74, 6) is -0.0221. The van der Waals surface area contributed by atoms with E-state index in [-0.39, 0.29) is 12.0 Å². The van der Waals surface area contributed by atoms with Crippen LogP contribution in [0.1, 0.15) is 24.0 Å². The van der Waals surface area contributed by atoms with Crippen molar-refractivity contribution in [1.82, 2.24) is 14.9 Å². The molecule has 0 bridgehead atoms. The van der Waals surface area contributed by atoms with E-state index in [0.29, 0.717) is 13.1 Å². The Labute approximate surface area is 142 Å². The van der Waals surface area contributed by atoms with Crippen LogP contribution in [0, 0.1) is 0 Å². The van der Waals surface area contributed by atoms with Gasteiger partial charge in [-0.05, 0) is 48.2 Å². The average molecular weight is 323 g/mol. The highest BCUT2D eigenvalue weighted by Gasteiger charge is 2.21. The lowest BCUT2D eigenvalue weighted by Crippen LogP contribution is -2.35. The Morgan fingerprint density at radius 2 is 2.12 bits per heavy atom. The zero-order chi connectivity index (χ0) is 16.6. The fraction of sp³-hybridized carbons (Fsp3) is 0.316. The van der Waals surface area contributed by atoms with Gasteiger partial charge in [-0.3, -0.25) is 14.8 Å². The molecule has 3 heterocycles. The van der Waals surface area contributed by atoms with Gasteiger partial charge in [0.25, 0.3) is 0 Å². The van der Waals surface area contributed by atoms with E-state index in [1.807, 2.05) is 35.2 Å². The zero-order valence-corrected chi connectivity index (χ0v) is 13.5. The fourth-order valence-electron chi connectivity index (χ4n) is 2.73. The first-order valence-electron chi connectivity index (χ1n) is 8.19. The highest BCUT2D eigenvalue weighted by Crippen LogP contribution is 2.15. The van der Waals surface area contributed by atoms with E-state index in [1.54, 1.807) is 30.9 Å². The number of amides is 1. The highest BCUT2D eigenvalue weighted by molar-refractivity contribution is 5.91. The lowest BCUT2D eigenvalue weighted by molar-refractivity contribution is -0.128. The Morgan fingerprint density at radius 1 is 1.25 bits per heavy atom. The van der Waals surface area contributed by atoms with Gasteiger partial charge in [0.1, 0.15) is 0 Å². The monoisotopic (exact) mass is 323 g/mol. The van der Waals surface area contributed by atoms with Crippen molar-refractivity contribution in [3.63, 3.8) is 0 Å². The van der Waals surface area contributed by atoms with Crippen molar-refractivity contribution in [2.75, 3.05) is 13.2 Å². The van der Waals surface area contributed by atoms with Crippen LogP contribution in [0.4, 0.5) is 0 Å². The summed E-state index contributed by atoms with van der Waals surface area (Å²) in [5, 5.41) is 0. The van der Waals surface area contributed by atoms with Crippen LogP contribution in [0.5, 0.6) is 0 Å². The first kappa shape index (κ1) is 16.3. The molecule has 1 atom stereocenters. The van der Waals surface area contributed by atoms with Crippen molar-refractivity contribution in [2.24, 2.45) is 0 Å². The van der Waals surface area contributed by atoms with Gasteiger partial charge in [0.05, 0.1) is 6.10 Å². The fourth-order valence-corrected chi connectivity index (χ4v) is 2.73. The van der Waals surface area contributed by atoms with Crippen molar-refractivity contribution in [3.8, 4) is 0 Å². The van der Waals surface area contributed by atoms with E-state index in [0.717, 1.165) is 30.6 Å². The summed E-state index contributed by atoms with van der Waals surface area (Å²) in [6.45, 7) is 1.92. The van der Waals surface area contributed by atoms with Gasteiger partial charge in [-0.2, -0.15) is 0 Å². The van der Waals surface area contributed by atoms with Crippen LogP contribution < -0.4 is 0 Å². The molecule has 1 aliphatic rings. The minimum atomic E-state index is -0.0221. The number of hydrogen-bond acceptors (Lipinski definition) is 4. The van der Waals surface area contributed by atoms with Gasteiger partial charge in [0.2, 0.25) is 5.91 Å². The van der Waals surface area contributed by atoms with Crippen molar-refractivity contribution in [3.05, 3.63) is 66.3 Å². The Kier molecular flexibility index (Phi) is 5.69. The Balaban J connectivity index is 1.70. The Hall–Kier alpha value is -2.53. The highest BCUT2D eigenvalue weighted by atomic mass is 16.5. The summed E-state index contributed by atoms with van der Waals surface area (Å²) in [7, 11) is 0. The molecule has 0 radical (unpaired) electrons. The van der Waals surface area contributed by atoms with Crippen molar-refractivity contribution >= 4 is 12.0 Å². The third-order valence-electron chi connectivity index (χ3n) is 3.98. The summed E-state index contributed by atoms with van der Waals surface area (Å²) in [4.78, 5) is 22.6. The first-order chi connectivity index (χ1) is 11.8. The summed E-state index contributed by atoms with van der Waals surface area (Å²) in [6.07, 6.45) is 12.6. The van der Waals surface area contributed by atoms with E-state index in [2.05, 4.69) is 9.97 Å². The van der Waals surface area contributed by atoms with E-state index in [1.165, 1.54) is 0 Å². The molecule has 5 nitrogen and oxygen atoms in total. The molecule has 0 N–H and O–H groups in total. The smallest absolute Gasteiger partial charge is 0.246 e. The van der Waals surface area contributed by atoms with Gasteiger partial charge in [-0.25, -0.2) is 0 Å². The third kappa shape index (κ3) is 4.73. The summed E-state index contributed by atoms with van der Waals surface area (Å²) < 4.78 is 5.69. The number of aromatic nitrogens is 2. The van der Waals surface area contributed by atoms with E-state index in [4.69, 9.17) is 4.74 Å². The lowest BCUT2D eigenvalue weighted by Gasteiger charge is -2.24. The number of pyridine rings is 2. The van der Waals surface area contributed by atoms with Gasteiger partial charge < -0.3 is 9.64 Å². The molecule has 0 spiro atoms. The van der Waals surface area contributed by atoms with E-state index in [9.17, 15) is 4.79 Å². The van der Waals surface area contributed by atoms with Crippen LogP contribution >= 0.6 is 0 Å². The number of rotatable bonds is 6. The minimum Gasteiger partial charge on any atom is -0.376 e. The Morgan fingerprint density at radius 3 is 2.83 bits per heavy atom. The number of carbonyl (C=O) groups excluding carboxylic acids is 1. The second-order valence-corrected chi connectivity index (χ2v) is 5.83. The maximum atomic E-state index is 12.7. The second kappa shape index (κ2) is 8.36. The molecular weight excluding hydrogens is 302 g/mol. The maximum Gasteiger partial charge on any atom is 0.246 e. The molecular formula is C19H21N3O2. The lowest BCUT2D eigenvalue weighted by atomic mass is 10.2. The average Bonchev–Trinajstić information content (AvgIpc) is 3.14. The van der Waals surface area contributed by atoms with Gasteiger partial charge in [-0.1, -0.05) is 6.07 Å². The molecule has 0 aromatic carbocycles. The van der Waals surface area contributed by atoms with E-state index < -0.39 is 0 Å². The molecule has 0 aliphatic carbocycles. The van der Waals surface area contributed by atoms with Crippen LogP contribution in [0.2, 0.25) is 0 Å². The molecule has 124 valence electrons.